The molecule has 2 fully saturated rings. The second-order valence-electron chi connectivity index (χ2n) is 14.3. The highest BCUT2D eigenvalue weighted by atomic mass is 131. The molecule has 2 saturated heterocycles. The molecule has 1 aromatic heterocycles. The first-order valence-corrected chi connectivity index (χ1v) is 20.6. The summed E-state index contributed by atoms with van der Waals surface area (Å²) >= 11 is 9.01. The molecule has 4 heterocycles. The van der Waals surface area contributed by atoms with Gasteiger partial charge in [0.25, 0.3) is 0 Å². The van der Waals surface area contributed by atoms with Crippen LogP contribution in [-0.2, 0) is 29.1 Å². The Hall–Kier alpha value is -4.65. The molecule has 14 heteroatoms. The van der Waals surface area contributed by atoms with Gasteiger partial charge in [-0.05, 0) is 96.1 Å². The van der Waals surface area contributed by atoms with E-state index in [2.05, 4.69) is 78.3 Å². The number of ether oxygens (including phenoxy) is 2. The van der Waals surface area contributed by atoms with Crippen molar-refractivity contribution in [2.75, 3.05) is 68.8 Å². The van der Waals surface area contributed by atoms with E-state index in [0.29, 0.717) is 56.8 Å². The number of carbonyl (C=O) groups is 2. The third-order valence-corrected chi connectivity index (χ3v) is 11.8. The predicted molar refractivity (Wildman–Crippen MR) is 227 cm³/mol. The van der Waals surface area contributed by atoms with Crippen molar-refractivity contribution in [3.8, 4) is 6.01 Å². The summed E-state index contributed by atoms with van der Waals surface area (Å²) < 4.78 is 13.0. The lowest BCUT2D eigenvalue weighted by Crippen LogP contribution is -2.56. The van der Waals surface area contributed by atoms with Gasteiger partial charge in [0.2, 0.25) is 12.5 Å². The molecule has 292 valence electrons. The topological polar surface area (TPSA) is 108 Å². The van der Waals surface area contributed by atoms with Crippen LogP contribution in [0.15, 0.2) is 73.3 Å². The van der Waals surface area contributed by atoms with Gasteiger partial charge in [-0.15, -0.1) is 0 Å². The first-order chi connectivity index (χ1) is 27.3. The maximum atomic E-state index is 12.7. The lowest BCUT2D eigenvalue weighted by Gasteiger charge is -2.41. The highest BCUT2D eigenvalue weighted by molar-refractivity contribution is 14.1. The Bertz CT molecular complexity index is 2110. The minimum Gasteiger partial charge on any atom is -0.462 e. The molecule has 0 radical (unpaired) electrons. The summed E-state index contributed by atoms with van der Waals surface area (Å²) in [5, 5.41) is 5.70. The van der Waals surface area contributed by atoms with Gasteiger partial charge in [-0.3, -0.25) is 9.69 Å². The Balaban J connectivity index is 1.04. The minimum absolute atomic E-state index is 0.161. The average Bonchev–Trinajstić information content (AvgIpc) is 3.67. The standard InChI is InChI=1S/C42H46ClIN8O4/c1-3-38(53)52-22-21-51(25-33(52)24-45-2)40-34-16-20-50(37-15-6-11-30-10-5-14-35(43)39(30)37)26-36(34)47-41(48-40)55-28-32-13-7-18-49(32)19-8-17-46-42(54)56-27-29-9-4-12-31(44)23-29/h3-6,9-12,14-15,23,32-33H,1,7-8,13,16-22,24-28H2,(H,46,54)/t32-,33-/m0/s1/i44+4. The number of halogens is 2. The molecule has 0 unspecified atom stereocenters. The van der Waals surface area contributed by atoms with Gasteiger partial charge in [-0.2, -0.15) is 9.97 Å². The third-order valence-electron chi connectivity index (χ3n) is 10.8. The lowest BCUT2D eigenvalue weighted by atomic mass is 10.0. The van der Waals surface area contributed by atoms with Crippen LogP contribution in [0.2, 0.25) is 5.02 Å². The number of nitrogens with zero attached hydrogens (tertiary/aromatic N) is 7. The number of hydrogen-bond donors (Lipinski definition) is 1. The Morgan fingerprint density at radius 3 is 2.71 bits per heavy atom. The molecule has 1 N–H and O–H groups in total. The highest BCUT2D eigenvalue weighted by Gasteiger charge is 2.35. The Morgan fingerprint density at radius 1 is 1.05 bits per heavy atom. The van der Waals surface area contributed by atoms with E-state index in [1.54, 1.807) is 4.90 Å². The molecule has 4 aromatic rings. The zero-order chi connectivity index (χ0) is 39.0. The molecule has 3 aliphatic heterocycles. The van der Waals surface area contributed by atoms with E-state index in [9.17, 15) is 9.59 Å². The Kier molecular flexibility index (Phi) is 13.1. The van der Waals surface area contributed by atoms with Crippen LogP contribution in [0.4, 0.5) is 16.3 Å². The summed E-state index contributed by atoms with van der Waals surface area (Å²) in [6, 6.07) is 20.4. The van der Waals surface area contributed by atoms with Crippen molar-refractivity contribution in [3.63, 3.8) is 0 Å². The van der Waals surface area contributed by atoms with Gasteiger partial charge in [0.1, 0.15) is 25.1 Å². The largest absolute Gasteiger partial charge is 0.462 e. The van der Waals surface area contributed by atoms with Crippen molar-refractivity contribution in [2.24, 2.45) is 0 Å². The second-order valence-corrected chi connectivity index (χ2v) is 16.0. The monoisotopic (exact) mass is 892 g/mol. The first-order valence-electron chi connectivity index (χ1n) is 19.2. The molecule has 0 aliphatic carbocycles. The summed E-state index contributed by atoms with van der Waals surface area (Å²) in [6.45, 7) is 17.3. The predicted octanol–water partition coefficient (Wildman–Crippen LogP) is 6.73. The fourth-order valence-electron chi connectivity index (χ4n) is 8.02. The second kappa shape index (κ2) is 18.5. The van der Waals surface area contributed by atoms with E-state index in [0.717, 1.165) is 81.6 Å². The van der Waals surface area contributed by atoms with Crippen molar-refractivity contribution in [2.45, 2.75) is 50.9 Å². The molecule has 3 aliphatic rings. The Morgan fingerprint density at radius 2 is 1.89 bits per heavy atom. The molecule has 3 aromatic carbocycles. The molecule has 2 atom stereocenters. The van der Waals surface area contributed by atoms with Crippen LogP contribution >= 0.6 is 34.2 Å². The smallest absolute Gasteiger partial charge is 0.407 e. The molecular weight excluding hydrogens is 847 g/mol. The van der Waals surface area contributed by atoms with Crippen LogP contribution in [0, 0.1) is 10.1 Å². The van der Waals surface area contributed by atoms with E-state index in [1.165, 1.54) is 6.08 Å². The number of hydrogen-bond acceptors (Lipinski definition) is 9. The average molecular weight is 893 g/mol. The van der Waals surface area contributed by atoms with E-state index in [-0.39, 0.29) is 31.1 Å². The number of likely N-dealkylation sites (tertiary alicyclic amines) is 1. The fraction of sp³-hybridized carbons (Fsp3) is 0.405. The van der Waals surface area contributed by atoms with E-state index < -0.39 is 6.09 Å². The van der Waals surface area contributed by atoms with Gasteiger partial charge in [0.05, 0.1) is 17.3 Å². The molecule has 56 heavy (non-hydrogen) atoms. The maximum Gasteiger partial charge on any atom is 0.407 e. The number of carbonyl (C=O) groups excluding carboxylic acids is 2. The van der Waals surface area contributed by atoms with Crippen LogP contribution in [0.25, 0.3) is 15.6 Å². The fourth-order valence-corrected chi connectivity index (χ4v) is 8.91. The zero-order valence-electron chi connectivity index (χ0n) is 31.3. The number of rotatable bonds is 13. The van der Waals surface area contributed by atoms with Gasteiger partial charge >= 0.3 is 12.1 Å². The molecule has 0 spiro atoms. The van der Waals surface area contributed by atoms with Crippen molar-refractivity contribution in [1.82, 2.24) is 25.1 Å². The first kappa shape index (κ1) is 39.6. The number of fused-ring (bicyclic) bond motifs is 2. The maximum absolute atomic E-state index is 12.7. The minimum atomic E-state index is -0.415. The summed E-state index contributed by atoms with van der Waals surface area (Å²) in [5.41, 5.74) is 3.98. The van der Waals surface area contributed by atoms with Gasteiger partial charge in [0, 0.05) is 65.5 Å². The molecular formula is C42H46ClIN8O4. The van der Waals surface area contributed by atoms with Gasteiger partial charge in [-0.1, -0.05) is 54.6 Å². The lowest BCUT2D eigenvalue weighted by molar-refractivity contribution is -0.128. The van der Waals surface area contributed by atoms with E-state index in [1.807, 2.05) is 36.4 Å². The van der Waals surface area contributed by atoms with Crippen molar-refractivity contribution < 1.29 is 19.1 Å². The number of anilines is 2. The zero-order valence-corrected chi connectivity index (χ0v) is 34.3. The number of benzene rings is 3. The molecule has 0 saturated carbocycles. The molecule has 7 rings (SSSR count). The van der Waals surface area contributed by atoms with Crippen LogP contribution in [0.1, 0.15) is 36.1 Å². The molecule has 0 bridgehead atoms. The number of amides is 2. The van der Waals surface area contributed by atoms with Gasteiger partial charge in [0.15, 0.2) is 0 Å². The van der Waals surface area contributed by atoms with Crippen molar-refractivity contribution in [1.29, 1.82) is 0 Å². The Labute approximate surface area is 346 Å². The number of alkyl carbamates (subject to hydrolysis) is 1. The van der Waals surface area contributed by atoms with E-state index >= 15 is 0 Å². The SMILES string of the molecule is [C-]#[N+]C[C@H]1CN(c2nc(OC[C@@H]3CCCN3CCCNC(=O)OCc3cccc([131I])c3)nc3c2CCN(c2cccc4cccc(Cl)c24)C3)CCN1C(=O)C=C. The summed E-state index contributed by atoms with van der Waals surface area (Å²) in [5.74, 6) is 0.649. The van der Waals surface area contributed by atoms with Gasteiger partial charge < -0.3 is 34.3 Å². The van der Waals surface area contributed by atoms with E-state index in [4.69, 9.17) is 37.6 Å². The summed E-state index contributed by atoms with van der Waals surface area (Å²) in [6.07, 6.45) is 4.47. The van der Waals surface area contributed by atoms with Crippen LogP contribution in [-0.4, -0.2) is 103 Å². The van der Waals surface area contributed by atoms with Crippen molar-refractivity contribution >= 4 is 68.5 Å². The summed E-state index contributed by atoms with van der Waals surface area (Å²) in [4.78, 5) is 47.5. The third kappa shape index (κ3) is 9.30. The van der Waals surface area contributed by atoms with Crippen LogP contribution in [0.3, 0.4) is 0 Å². The van der Waals surface area contributed by atoms with Gasteiger partial charge in [-0.25, -0.2) is 11.4 Å². The van der Waals surface area contributed by atoms with Crippen LogP contribution in [0.5, 0.6) is 6.01 Å². The molecule has 12 nitrogen and oxygen atoms in total. The number of piperazine rings is 1. The quantitative estimate of drug-likeness (QED) is 0.0677. The number of aromatic nitrogens is 2. The van der Waals surface area contributed by atoms with Crippen molar-refractivity contribution in [3.05, 3.63) is 110 Å². The summed E-state index contributed by atoms with van der Waals surface area (Å²) in [7, 11) is 0. The van der Waals surface area contributed by atoms with Crippen LogP contribution < -0.4 is 19.9 Å². The number of nitrogens with one attached hydrogen (secondary N) is 1. The highest BCUT2D eigenvalue weighted by Crippen LogP contribution is 2.37. The normalized spacial score (nSPS) is 18.3. The molecule has 2 amide bonds.